The minimum atomic E-state index is -4.65. The molecule has 0 aromatic heterocycles. The SMILES string of the molecule is CN1C(=N)C=CC(=C2C=C(N3CC(F)(F)C3)NC(N3CCC(N)CC3)=N2)C1C(F)(F)F. The van der Waals surface area contributed by atoms with E-state index < -0.39 is 31.2 Å². The number of halogens is 5. The van der Waals surface area contributed by atoms with Crippen molar-refractivity contribution in [1.82, 2.24) is 20.0 Å². The van der Waals surface area contributed by atoms with Crippen molar-refractivity contribution in [3.63, 3.8) is 0 Å². The minimum absolute atomic E-state index is 0.0340. The first-order chi connectivity index (χ1) is 14.4. The number of amidine groups is 1. The largest absolute Gasteiger partial charge is 0.413 e. The molecule has 4 heterocycles. The lowest BCUT2D eigenvalue weighted by Crippen LogP contribution is -2.59. The molecule has 31 heavy (non-hydrogen) atoms. The number of aliphatic imine (C=N–C) groups is 1. The Morgan fingerprint density at radius 1 is 1.16 bits per heavy atom. The summed E-state index contributed by atoms with van der Waals surface area (Å²) in [6, 6.07) is -2.02. The molecule has 0 amide bonds. The predicted molar refractivity (Wildman–Crippen MR) is 105 cm³/mol. The molecule has 170 valence electrons. The molecule has 12 heteroatoms. The average Bonchev–Trinajstić information content (AvgIpc) is 2.67. The molecule has 0 aromatic carbocycles. The van der Waals surface area contributed by atoms with E-state index in [1.54, 1.807) is 0 Å². The van der Waals surface area contributed by atoms with Crippen LogP contribution in [0.5, 0.6) is 0 Å². The van der Waals surface area contributed by atoms with Gasteiger partial charge in [0.25, 0.3) is 5.92 Å². The highest BCUT2D eigenvalue weighted by molar-refractivity contribution is 5.93. The fourth-order valence-corrected chi connectivity index (χ4v) is 4.06. The number of rotatable bonds is 1. The zero-order chi connectivity index (χ0) is 22.6. The molecule has 1 unspecified atom stereocenters. The molecular weight excluding hydrogens is 421 g/mol. The van der Waals surface area contributed by atoms with Gasteiger partial charge in [-0.2, -0.15) is 13.2 Å². The van der Waals surface area contributed by atoms with Gasteiger partial charge >= 0.3 is 6.18 Å². The Kier molecular flexibility index (Phi) is 5.23. The minimum Gasteiger partial charge on any atom is -0.346 e. The first-order valence-electron chi connectivity index (χ1n) is 9.96. The number of likely N-dealkylation sites (N-methyl/N-ethyl adjacent to an activating group) is 1. The number of alkyl halides is 5. The molecule has 0 bridgehead atoms. The van der Waals surface area contributed by atoms with E-state index in [9.17, 15) is 22.0 Å². The topological polar surface area (TPSA) is 84.0 Å². The smallest absolute Gasteiger partial charge is 0.346 e. The predicted octanol–water partition coefficient (Wildman–Crippen LogP) is 1.82. The molecular formula is C19H24F5N7. The molecule has 0 spiro atoms. The van der Waals surface area contributed by atoms with Crippen LogP contribution in [0.3, 0.4) is 0 Å². The second-order valence-corrected chi connectivity index (χ2v) is 8.24. The maximum absolute atomic E-state index is 13.9. The number of nitrogens with two attached hydrogens (primary N) is 1. The number of likely N-dealkylation sites (tertiary alicyclic amines) is 2. The second-order valence-electron chi connectivity index (χ2n) is 8.24. The van der Waals surface area contributed by atoms with Crippen LogP contribution >= 0.6 is 0 Å². The van der Waals surface area contributed by atoms with E-state index in [1.807, 2.05) is 4.90 Å². The van der Waals surface area contributed by atoms with E-state index in [-0.39, 0.29) is 29.0 Å². The number of nitrogens with zero attached hydrogens (tertiary/aromatic N) is 4. The van der Waals surface area contributed by atoms with E-state index in [2.05, 4.69) is 10.3 Å². The van der Waals surface area contributed by atoms with Crippen LogP contribution in [0.25, 0.3) is 0 Å². The molecule has 4 rings (SSSR count). The zero-order valence-corrected chi connectivity index (χ0v) is 16.9. The fraction of sp³-hybridized carbons (Fsp3) is 0.579. The van der Waals surface area contributed by atoms with Crippen LogP contribution in [0, 0.1) is 5.41 Å². The Morgan fingerprint density at radius 3 is 2.39 bits per heavy atom. The number of allylic oxidation sites excluding steroid dienone is 1. The van der Waals surface area contributed by atoms with Crippen LogP contribution < -0.4 is 11.1 Å². The summed E-state index contributed by atoms with van der Waals surface area (Å²) in [5.41, 5.74) is 5.84. The van der Waals surface area contributed by atoms with E-state index in [1.165, 1.54) is 30.2 Å². The van der Waals surface area contributed by atoms with Crippen LogP contribution in [0.15, 0.2) is 40.3 Å². The molecule has 4 N–H and O–H groups in total. The van der Waals surface area contributed by atoms with Crippen LogP contribution in [0.4, 0.5) is 22.0 Å². The number of hydrogen-bond donors (Lipinski definition) is 3. The quantitative estimate of drug-likeness (QED) is 0.537. The molecule has 2 fully saturated rings. The van der Waals surface area contributed by atoms with Crippen molar-refractivity contribution in [1.29, 1.82) is 5.41 Å². The fourth-order valence-electron chi connectivity index (χ4n) is 4.06. The molecule has 4 aliphatic heterocycles. The number of guanidine groups is 1. The monoisotopic (exact) mass is 445 g/mol. The molecule has 2 saturated heterocycles. The van der Waals surface area contributed by atoms with E-state index >= 15 is 0 Å². The van der Waals surface area contributed by atoms with Crippen molar-refractivity contribution in [2.45, 2.75) is 37.0 Å². The first kappa shape index (κ1) is 21.6. The maximum Gasteiger partial charge on any atom is 0.413 e. The highest BCUT2D eigenvalue weighted by Gasteiger charge is 2.48. The van der Waals surface area contributed by atoms with Crippen LogP contribution in [-0.2, 0) is 0 Å². The Balaban J connectivity index is 1.76. The van der Waals surface area contributed by atoms with Gasteiger partial charge < -0.3 is 25.8 Å². The summed E-state index contributed by atoms with van der Waals surface area (Å²) < 4.78 is 68.5. The summed E-state index contributed by atoms with van der Waals surface area (Å²) >= 11 is 0. The normalized spacial score (nSPS) is 29.5. The molecule has 4 aliphatic rings. The van der Waals surface area contributed by atoms with Gasteiger partial charge in [-0.1, -0.05) is 6.08 Å². The van der Waals surface area contributed by atoms with Crippen LogP contribution in [0.1, 0.15) is 12.8 Å². The molecule has 0 saturated carbocycles. The summed E-state index contributed by atoms with van der Waals surface area (Å²) in [5, 5.41) is 10.8. The Labute approximate surface area is 176 Å². The van der Waals surface area contributed by atoms with Crippen LogP contribution in [0.2, 0.25) is 0 Å². The summed E-state index contributed by atoms with van der Waals surface area (Å²) in [7, 11) is 1.20. The van der Waals surface area contributed by atoms with Crippen molar-refractivity contribution >= 4 is 11.8 Å². The molecule has 0 aromatic rings. The van der Waals surface area contributed by atoms with Gasteiger partial charge in [0.05, 0.1) is 18.8 Å². The highest BCUT2D eigenvalue weighted by atomic mass is 19.4. The molecule has 7 nitrogen and oxygen atoms in total. The lowest BCUT2D eigenvalue weighted by Gasteiger charge is -2.44. The van der Waals surface area contributed by atoms with Gasteiger partial charge in [-0.25, -0.2) is 13.8 Å². The van der Waals surface area contributed by atoms with E-state index in [0.717, 1.165) is 4.90 Å². The third-order valence-electron chi connectivity index (χ3n) is 5.85. The van der Waals surface area contributed by atoms with Gasteiger partial charge in [0.2, 0.25) is 5.96 Å². The summed E-state index contributed by atoms with van der Waals surface area (Å²) in [6.07, 6.45) is 0.608. The van der Waals surface area contributed by atoms with Gasteiger partial charge in [0, 0.05) is 37.8 Å². The van der Waals surface area contributed by atoms with Gasteiger partial charge in [0.15, 0.2) is 6.04 Å². The van der Waals surface area contributed by atoms with Gasteiger partial charge in [-0.05, 0) is 18.9 Å². The Bertz CT molecular complexity index is 873. The number of nitrogens with one attached hydrogen (secondary N) is 2. The summed E-state index contributed by atoms with van der Waals surface area (Å²) in [6.45, 7) is 0.0790. The van der Waals surface area contributed by atoms with Crippen LogP contribution in [-0.4, -0.2) is 83.9 Å². The van der Waals surface area contributed by atoms with E-state index in [4.69, 9.17) is 11.1 Å². The lowest BCUT2D eigenvalue weighted by molar-refractivity contribution is -0.160. The van der Waals surface area contributed by atoms with Crippen molar-refractivity contribution in [2.24, 2.45) is 10.7 Å². The number of hydrogen-bond acceptors (Lipinski definition) is 6. The van der Waals surface area contributed by atoms with Crippen molar-refractivity contribution in [3.05, 3.63) is 35.3 Å². The van der Waals surface area contributed by atoms with Crippen molar-refractivity contribution < 1.29 is 22.0 Å². The van der Waals surface area contributed by atoms with Crippen molar-refractivity contribution in [2.75, 3.05) is 33.2 Å². The van der Waals surface area contributed by atoms with Crippen molar-refractivity contribution in [3.8, 4) is 0 Å². The Morgan fingerprint density at radius 2 is 1.81 bits per heavy atom. The Hall–Kier alpha value is -2.63. The maximum atomic E-state index is 13.9. The first-order valence-corrected chi connectivity index (χ1v) is 9.96. The molecule has 1 atom stereocenters. The standard InChI is InChI=1S/C19H24F5N7/c1-29-14(26)3-2-12(16(29)19(22,23)24)13-8-15(31-9-18(20,21)10-31)28-17(27-13)30-6-4-11(25)5-7-30/h2-3,8,11,16,26H,4-7,9-10,25H2,1H3,(H,27,28). The average molecular weight is 445 g/mol. The molecule has 0 aliphatic carbocycles. The van der Waals surface area contributed by atoms with E-state index in [0.29, 0.717) is 31.9 Å². The summed E-state index contributed by atoms with van der Waals surface area (Å²) in [4.78, 5) is 8.51. The van der Waals surface area contributed by atoms with Gasteiger partial charge in [-0.3, -0.25) is 5.41 Å². The second kappa shape index (κ2) is 7.50. The highest BCUT2D eigenvalue weighted by Crippen LogP contribution is 2.37. The zero-order valence-electron chi connectivity index (χ0n) is 16.9. The van der Waals surface area contributed by atoms with Gasteiger partial charge in [0.1, 0.15) is 11.7 Å². The lowest BCUT2D eigenvalue weighted by atomic mass is 9.97. The number of piperidine rings is 1. The molecule has 0 radical (unpaired) electrons. The summed E-state index contributed by atoms with van der Waals surface area (Å²) in [5.74, 6) is -2.51. The third kappa shape index (κ3) is 4.25. The third-order valence-corrected chi connectivity index (χ3v) is 5.85. The van der Waals surface area contributed by atoms with Gasteiger partial charge in [-0.15, -0.1) is 0 Å².